The lowest BCUT2D eigenvalue weighted by molar-refractivity contribution is 0.257. The third kappa shape index (κ3) is 12.6. The maximum Gasteiger partial charge on any atom is 0.144 e. The van der Waals surface area contributed by atoms with Crippen LogP contribution in [-0.4, -0.2) is 6.10 Å². The number of rotatable bonds is 30. The monoisotopic (exact) mass is 1570 g/mol. The van der Waals surface area contributed by atoms with Gasteiger partial charge in [0, 0.05) is 83.4 Å². The summed E-state index contributed by atoms with van der Waals surface area (Å²) < 4.78 is 14.6. The van der Waals surface area contributed by atoms with E-state index in [-0.39, 0.29) is 39.1 Å². The van der Waals surface area contributed by atoms with Crippen LogP contribution in [0, 0.1) is 0 Å². The number of unbranched alkanes of at least 4 members (excludes halogenated alkanes) is 16. The maximum atomic E-state index is 7.50. The summed E-state index contributed by atoms with van der Waals surface area (Å²) in [5.74, 6) is 1.33. The van der Waals surface area contributed by atoms with Gasteiger partial charge in [-0.2, -0.15) is 0 Å². The number of ether oxygens (including phenoxy) is 1. The predicted molar refractivity (Wildman–Crippen MR) is 508 cm³/mol. The fraction of sp³-hybridized carbons (Fsp3) is 0.368. The van der Waals surface area contributed by atoms with Gasteiger partial charge in [0.25, 0.3) is 0 Å². The lowest BCUT2D eigenvalue weighted by Crippen LogP contribution is -2.31. The Morgan fingerprint density at radius 2 is 0.900 bits per heavy atom. The molecule has 120 heavy (non-hydrogen) atoms. The molecule has 2 heterocycles. The van der Waals surface area contributed by atoms with Gasteiger partial charge in [-0.15, -0.1) is 0 Å². The Balaban J connectivity index is 0.656. The van der Waals surface area contributed by atoms with E-state index in [2.05, 4.69) is 317 Å². The van der Waals surface area contributed by atoms with Crippen molar-refractivity contribution in [2.24, 2.45) is 0 Å². The molecular formula is C117H123NO2. The molecule has 1 aromatic heterocycles. The Morgan fingerprint density at radius 1 is 0.383 bits per heavy atom. The molecule has 0 N–H and O–H groups in total. The Kier molecular flexibility index (Phi) is 20.5. The van der Waals surface area contributed by atoms with Crippen LogP contribution >= 0.6 is 0 Å². The minimum absolute atomic E-state index is 0.00783. The Hall–Kier alpha value is -10.2. The highest BCUT2D eigenvalue weighted by Gasteiger charge is 2.54. The van der Waals surface area contributed by atoms with Crippen LogP contribution in [0.2, 0.25) is 0 Å². The van der Waals surface area contributed by atoms with Gasteiger partial charge >= 0.3 is 0 Å². The first-order valence-electron chi connectivity index (χ1n) is 47.0. The first kappa shape index (κ1) is 78.3. The fourth-order valence-electron chi connectivity index (χ4n) is 24.7. The lowest BCUT2D eigenvalue weighted by atomic mass is 9.66. The van der Waals surface area contributed by atoms with Crippen LogP contribution in [-0.2, 0) is 27.1 Å². The standard InChI is InChI=1S/C117H123NO2/c1-11-15-19-23-38-66-116(67-39-24-20-16-12-2)95-49-35-30-44-84(95)87-63-58-80(72-99(87)116)79-57-62-86-85-61-56-78(70-96(85)113(5,6)97(86)71-79)76-52-54-77(55-53-76)93-75-101-104(106-91-46-32-36-50-102(91)119-111(93)106)90-65-60-83(74-100(90)117(101,68-40-25-21-17-13-3)69-41-26-22-18-14-4)118(81-42-28-27-29-43-81)82-59-64-89-98(73-82)115(9,10)109-105(89)107-92-47-33-37-51-103(92)120-112(107)108-88-45-31-34-48-94(88)114(7,8)110(108)109/h27-37,42-65,70-71,73-75,80,93,111H,11-26,38-41,66-69,72H2,1-10H3. The van der Waals surface area contributed by atoms with E-state index in [9.17, 15) is 0 Å². The third-order valence-electron chi connectivity index (χ3n) is 30.8. The molecule has 3 nitrogen and oxygen atoms in total. The highest BCUT2D eigenvalue weighted by Crippen LogP contribution is 2.67. The average molecular weight is 1580 g/mol. The maximum absolute atomic E-state index is 7.50. The van der Waals surface area contributed by atoms with Crippen LogP contribution in [0.25, 0.3) is 83.2 Å². The minimum atomic E-state index is -0.349. The average Bonchev–Trinajstić information content (AvgIpc) is 1.52. The van der Waals surface area contributed by atoms with Crippen LogP contribution in [0.5, 0.6) is 5.75 Å². The summed E-state index contributed by atoms with van der Waals surface area (Å²) in [5.41, 5.74) is 41.2. The summed E-state index contributed by atoms with van der Waals surface area (Å²) in [5, 5.41) is 2.42. The predicted octanol–water partition coefficient (Wildman–Crippen LogP) is 33.5. The highest BCUT2D eigenvalue weighted by molar-refractivity contribution is 6.21. The fourth-order valence-corrected chi connectivity index (χ4v) is 24.7. The number of benzene rings is 11. The first-order valence-corrected chi connectivity index (χ1v) is 47.0. The van der Waals surface area contributed by atoms with Crippen molar-refractivity contribution in [3.63, 3.8) is 0 Å². The number of nitrogens with zero attached hydrogens (tertiary/aromatic N) is 1. The molecule has 3 unspecified atom stereocenters. The molecule has 608 valence electrons. The zero-order valence-electron chi connectivity index (χ0n) is 73.3. The largest absolute Gasteiger partial charge is 0.484 e. The van der Waals surface area contributed by atoms with Gasteiger partial charge in [-0.05, 0) is 209 Å². The number of furan rings is 1. The van der Waals surface area contributed by atoms with E-state index in [4.69, 9.17) is 9.15 Å². The molecule has 0 radical (unpaired) electrons. The number of allylic oxidation sites excluding steroid dienone is 6. The summed E-state index contributed by atoms with van der Waals surface area (Å²) in [6.45, 7) is 24.3. The zero-order valence-corrected chi connectivity index (χ0v) is 73.3. The van der Waals surface area contributed by atoms with Gasteiger partial charge in [0.15, 0.2) is 0 Å². The summed E-state index contributed by atoms with van der Waals surface area (Å²) in [7, 11) is 0. The molecule has 12 aromatic rings. The van der Waals surface area contributed by atoms with Crippen molar-refractivity contribution < 1.29 is 9.15 Å². The Bertz CT molecular complexity index is 6080. The van der Waals surface area contributed by atoms with Crippen molar-refractivity contribution in [2.75, 3.05) is 4.90 Å². The summed E-state index contributed by atoms with van der Waals surface area (Å²) in [6.07, 6.45) is 39.2. The topological polar surface area (TPSA) is 25.6 Å². The summed E-state index contributed by atoms with van der Waals surface area (Å²) in [4.78, 5) is 2.60. The van der Waals surface area contributed by atoms with Gasteiger partial charge in [0.05, 0.1) is 0 Å². The molecule has 0 saturated heterocycles. The van der Waals surface area contributed by atoms with Crippen molar-refractivity contribution in [1.82, 2.24) is 0 Å². The molecular weight excluding hydrogens is 1450 g/mol. The van der Waals surface area contributed by atoms with Crippen LogP contribution in [0.15, 0.2) is 258 Å². The van der Waals surface area contributed by atoms with Gasteiger partial charge in [0.1, 0.15) is 23.0 Å². The molecule has 8 aliphatic rings. The van der Waals surface area contributed by atoms with E-state index < -0.39 is 0 Å². The Morgan fingerprint density at radius 3 is 1.58 bits per heavy atom. The van der Waals surface area contributed by atoms with Gasteiger partial charge in [0.2, 0.25) is 0 Å². The molecule has 11 aromatic carbocycles. The van der Waals surface area contributed by atoms with Crippen molar-refractivity contribution in [2.45, 2.75) is 275 Å². The third-order valence-corrected chi connectivity index (χ3v) is 30.8. The lowest BCUT2D eigenvalue weighted by Gasteiger charge is -2.37. The zero-order chi connectivity index (χ0) is 81.8. The smallest absolute Gasteiger partial charge is 0.144 e. The van der Waals surface area contributed by atoms with E-state index in [1.54, 1.807) is 11.1 Å². The van der Waals surface area contributed by atoms with Crippen molar-refractivity contribution in [3.05, 3.63) is 326 Å². The molecule has 0 saturated carbocycles. The SMILES string of the molecule is CCCCCCCC1(CCCCCCC)C2=CC(c3ccc(-c4ccc5c(c4)C(C)(C)c4cc(C6C=CC7=C(C6)C(CCCCCCC)(CCCCCCC)c6ccccc67)ccc4-5)cc3)C3Oc4ccccc4C3=C2c2ccc(N(c3ccccc3)c3ccc4c(c3)C(C)(C)c3c5c(c6oc7ccccc7c6c3-4)-c3ccccc3C5(C)C)cc21. The first-order chi connectivity index (χ1) is 58.6. The van der Waals surface area contributed by atoms with Crippen LogP contribution in [0.1, 0.15) is 314 Å². The van der Waals surface area contributed by atoms with Crippen LogP contribution in [0.4, 0.5) is 17.1 Å². The van der Waals surface area contributed by atoms with Gasteiger partial charge in [-0.25, -0.2) is 0 Å². The second-order valence-corrected chi connectivity index (χ2v) is 38.9. The van der Waals surface area contributed by atoms with E-state index >= 15 is 0 Å². The summed E-state index contributed by atoms with van der Waals surface area (Å²) >= 11 is 0. The minimum Gasteiger partial charge on any atom is -0.484 e. The molecule has 7 aliphatic carbocycles. The van der Waals surface area contributed by atoms with E-state index in [1.807, 2.05) is 0 Å². The van der Waals surface area contributed by atoms with E-state index in [0.717, 1.165) is 41.9 Å². The highest BCUT2D eigenvalue weighted by atomic mass is 16.5. The molecule has 3 atom stereocenters. The number of hydrogen-bond donors (Lipinski definition) is 0. The molecule has 3 heteroatoms. The number of anilines is 3. The number of hydrogen-bond acceptors (Lipinski definition) is 3. The van der Waals surface area contributed by atoms with Crippen LogP contribution < -0.4 is 9.64 Å². The van der Waals surface area contributed by atoms with Crippen molar-refractivity contribution in [3.8, 4) is 50.3 Å². The van der Waals surface area contributed by atoms with Crippen molar-refractivity contribution >= 4 is 55.7 Å². The quantitative estimate of drug-likeness (QED) is 0.0420. The van der Waals surface area contributed by atoms with Crippen molar-refractivity contribution in [1.29, 1.82) is 0 Å². The summed E-state index contributed by atoms with van der Waals surface area (Å²) in [6, 6.07) is 87.8. The molecule has 20 rings (SSSR count). The van der Waals surface area contributed by atoms with Crippen LogP contribution in [0.3, 0.4) is 0 Å². The second-order valence-electron chi connectivity index (χ2n) is 38.9. The number of fused-ring (bicyclic) bond motifs is 23. The molecule has 1 aliphatic heterocycles. The number of para-hydroxylation sites is 3. The molecule has 0 spiro atoms. The van der Waals surface area contributed by atoms with E-state index in [0.29, 0.717) is 5.92 Å². The van der Waals surface area contributed by atoms with Gasteiger partial charge in [-0.1, -0.05) is 391 Å². The Labute approximate surface area is 716 Å². The molecule has 0 bridgehead atoms. The van der Waals surface area contributed by atoms with E-state index in [1.165, 1.54) is 297 Å². The second kappa shape index (κ2) is 31.3. The van der Waals surface area contributed by atoms with Gasteiger partial charge < -0.3 is 14.1 Å². The molecule has 0 amide bonds. The normalized spacial score (nSPS) is 18.6. The van der Waals surface area contributed by atoms with Gasteiger partial charge in [-0.3, -0.25) is 0 Å². The molecule has 0 fully saturated rings.